The van der Waals surface area contributed by atoms with E-state index in [1.807, 2.05) is 13.8 Å². The molecule has 1 saturated heterocycles. The lowest BCUT2D eigenvalue weighted by Crippen LogP contribution is -2.55. The number of carboxylic acids is 1. The number of carbonyl (C=O) groups is 3. The first-order chi connectivity index (χ1) is 9.54. The lowest BCUT2D eigenvalue weighted by molar-refractivity contribution is -0.139. The standard InChI is InChI=1S/C14H24N2O5/c1-9-14(4,5-6-21-9)16-12(20)15-10(17)7-13(2,3)8-11(18)19/h9H,5-8H2,1-4H3,(H,18,19)(H2,15,16,17,20). The summed E-state index contributed by atoms with van der Waals surface area (Å²) in [5.74, 6) is -1.46. The predicted molar refractivity (Wildman–Crippen MR) is 75.8 cm³/mol. The largest absolute Gasteiger partial charge is 0.481 e. The first kappa shape index (κ1) is 17.4. The third-order valence-electron chi connectivity index (χ3n) is 3.81. The molecule has 0 bridgehead atoms. The van der Waals surface area contributed by atoms with Crippen molar-refractivity contribution in [2.24, 2.45) is 5.41 Å². The van der Waals surface area contributed by atoms with Gasteiger partial charge in [0.15, 0.2) is 0 Å². The highest BCUT2D eigenvalue weighted by atomic mass is 16.5. The molecule has 0 aliphatic carbocycles. The first-order valence-corrected chi connectivity index (χ1v) is 6.99. The van der Waals surface area contributed by atoms with E-state index in [0.717, 1.165) is 0 Å². The maximum atomic E-state index is 11.9. The average molecular weight is 300 g/mol. The third kappa shape index (κ3) is 5.34. The van der Waals surface area contributed by atoms with Gasteiger partial charge < -0.3 is 15.2 Å². The fourth-order valence-electron chi connectivity index (χ4n) is 2.37. The van der Waals surface area contributed by atoms with Gasteiger partial charge in [-0.2, -0.15) is 0 Å². The molecular formula is C14H24N2O5. The number of hydrogen-bond acceptors (Lipinski definition) is 4. The molecule has 3 amide bonds. The first-order valence-electron chi connectivity index (χ1n) is 6.99. The van der Waals surface area contributed by atoms with Gasteiger partial charge in [-0.15, -0.1) is 0 Å². The van der Waals surface area contributed by atoms with Gasteiger partial charge in [0.2, 0.25) is 5.91 Å². The van der Waals surface area contributed by atoms with E-state index in [0.29, 0.717) is 13.0 Å². The average Bonchev–Trinajstić information content (AvgIpc) is 2.54. The summed E-state index contributed by atoms with van der Waals surface area (Å²) in [4.78, 5) is 34.4. The molecule has 0 aromatic rings. The quantitative estimate of drug-likeness (QED) is 0.709. The Morgan fingerprint density at radius 3 is 2.43 bits per heavy atom. The molecule has 2 atom stereocenters. The van der Waals surface area contributed by atoms with E-state index in [9.17, 15) is 14.4 Å². The van der Waals surface area contributed by atoms with Crippen LogP contribution in [0.15, 0.2) is 0 Å². The summed E-state index contributed by atoms with van der Waals surface area (Å²) >= 11 is 0. The molecule has 120 valence electrons. The van der Waals surface area contributed by atoms with Gasteiger partial charge >= 0.3 is 12.0 Å². The second kappa shape index (κ2) is 6.43. The minimum atomic E-state index is -0.971. The van der Waals surface area contributed by atoms with Crippen LogP contribution in [0.4, 0.5) is 4.79 Å². The van der Waals surface area contributed by atoms with Crippen LogP contribution < -0.4 is 10.6 Å². The van der Waals surface area contributed by atoms with E-state index in [1.54, 1.807) is 13.8 Å². The maximum Gasteiger partial charge on any atom is 0.321 e. The van der Waals surface area contributed by atoms with Gasteiger partial charge in [0.05, 0.1) is 18.1 Å². The molecule has 1 aliphatic heterocycles. The molecule has 0 saturated carbocycles. The van der Waals surface area contributed by atoms with E-state index >= 15 is 0 Å². The molecule has 7 heteroatoms. The van der Waals surface area contributed by atoms with Gasteiger partial charge in [0.25, 0.3) is 0 Å². The van der Waals surface area contributed by atoms with Gasteiger partial charge in [-0.3, -0.25) is 14.9 Å². The number of nitrogens with one attached hydrogen (secondary N) is 2. The molecule has 2 unspecified atom stereocenters. The number of rotatable bonds is 5. The second-order valence-corrected chi connectivity index (χ2v) is 6.59. The predicted octanol–water partition coefficient (Wildman–Crippen LogP) is 1.27. The molecule has 1 aliphatic rings. The van der Waals surface area contributed by atoms with Gasteiger partial charge in [0, 0.05) is 13.0 Å². The van der Waals surface area contributed by atoms with Crippen LogP contribution in [0.1, 0.15) is 47.0 Å². The van der Waals surface area contributed by atoms with Crippen LogP contribution in [0.5, 0.6) is 0 Å². The molecule has 0 spiro atoms. The van der Waals surface area contributed by atoms with E-state index in [2.05, 4.69) is 10.6 Å². The monoisotopic (exact) mass is 300 g/mol. The molecule has 3 N–H and O–H groups in total. The van der Waals surface area contributed by atoms with Crippen molar-refractivity contribution in [2.75, 3.05) is 6.61 Å². The van der Waals surface area contributed by atoms with E-state index in [1.165, 1.54) is 0 Å². The minimum absolute atomic E-state index is 0.0323. The van der Waals surface area contributed by atoms with Crippen molar-refractivity contribution in [1.29, 1.82) is 0 Å². The van der Waals surface area contributed by atoms with Crippen LogP contribution in [-0.2, 0) is 14.3 Å². The summed E-state index contributed by atoms with van der Waals surface area (Å²) in [5, 5.41) is 13.8. The number of amides is 3. The third-order valence-corrected chi connectivity index (χ3v) is 3.81. The number of imide groups is 1. The van der Waals surface area contributed by atoms with Crippen molar-refractivity contribution in [1.82, 2.24) is 10.6 Å². The number of aliphatic carboxylic acids is 1. The van der Waals surface area contributed by atoms with Gasteiger partial charge in [-0.05, 0) is 25.7 Å². The Hall–Kier alpha value is -1.63. The summed E-state index contributed by atoms with van der Waals surface area (Å²) in [7, 11) is 0. The van der Waals surface area contributed by atoms with Crippen molar-refractivity contribution >= 4 is 17.9 Å². The number of hydrogen-bond donors (Lipinski definition) is 3. The summed E-state index contributed by atoms with van der Waals surface area (Å²) in [6, 6.07) is -0.578. The summed E-state index contributed by atoms with van der Waals surface area (Å²) in [5.41, 5.74) is -1.20. The highest BCUT2D eigenvalue weighted by Crippen LogP contribution is 2.26. The molecule has 0 radical (unpaired) electrons. The number of carboxylic acid groups (broad SMARTS) is 1. The Morgan fingerprint density at radius 2 is 1.95 bits per heavy atom. The topological polar surface area (TPSA) is 105 Å². The summed E-state index contributed by atoms with van der Waals surface area (Å²) in [6.07, 6.45) is 0.391. The van der Waals surface area contributed by atoms with Crippen LogP contribution in [-0.4, -0.2) is 41.3 Å². The minimum Gasteiger partial charge on any atom is -0.481 e. The number of carbonyl (C=O) groups excluding carboxylic acids is 2. The van der Waals surface area contributed by atoms with Gasteiger partial charge in [-0.1, -0.05) is 13.8 Å². The van der Waals surface area contributed by atoms with Crippen molar-refractivity contribution < 1.29 is 24.2 Å². The van der Waals surface area contributed by atoms with Crippen molar-refractivity contribution in [2.45, 2.75) is 58.6 Å². The van der Waals surface area contributed by atoms with Gasteiger partial charge in [0.1, 0.15) is 0 Å². The molecule has 21 heavy (non-hydrogen) atoms. The normalized spacial score (nSPS) is 25.4. The Bertz CT molecular complexity index is 435. The maximum absolute atomic E-state index is 11.9. The van der Waals surface area contributed by atoms with E-state index < -0.39 is 28.9 Å². The highest BCUT2D eigenvalue weighted by Gasteiger charge is 2.38. The molecule has 7 nitrogen and oxygen atoms in total. The van der Waals surface area contributed by atoms with Crippen molar-refractivity contribution in [3.63, 3.8) is 0 Å². The fourth-order valence-corrected chi connectivity index (χ4v) is 2.37. The van der Waals surface area contributed by atoms with Crippen LogP contribution in [0.3, 0.4) is 0 Å². The molecule has 0 aromatic carbocycles. The van der Waals surface area contributed by atoms with Crippen molar-refractivity contribution in [3.05, 3.63) is 0 Å². The van der Waals surface area contributed by atoms with Crippen LogP contribution in [0.25, 0.3) is 0 Å². The lowest BCUT2D eigenvalue weighted by atomic mass is 9.85. The molecule has 1 rings (SSSR count). The summed E-state index contributed by atoms with van der Waals surface area (Å²) < 4.78 is 5.41. The molecule has 0 aromatic heterocycles. The van der Waals surface area contributed by atoms with Crippen LogP contribution in [0, 0.1) is 5.41 Å². The van der Waals surface area contributed by atoms with Gasteiger partial charge in [-0.25, -0.2) is 4.79 Å². The second-order valence-electron chi connectivity index (χ2n) is 6.59. The Labute approximate surface area is 124 Å². The Kier molecular flexibility index (Phi) is 5.33. The lowest BCUT2D eigenvalue weighted by Gasteiger charge is -2.29. The fraction of sp³-hybridized carbons (Fsp3) is 0.786. The van der Waals surface area contributed by atoms with Crippen LogP contribution in [0.2, 0.25) is 0 Å². The number of urea groups is 1. The highest BCUT2D eigenvalue weighted by molar-refractivity contribution is 5.95. The zero-order valence-corrected chi connectivity index (χ0v) is 13.0. The molecular weight excluding hydrogens is 276 g/mol. The smallest absolute Gasteiger partial charge is 0.321 e. The SMILES string of the molecule is CC1OCCC1(C)NC(=O)NC(=O)CC(C)(C)CC(=O)O. The zero-order valence-electron chi connectivity index (χ0n) is 13.0. The molecule has 1 fully saturated rings. The van der Waals surface area contributed by atoms with E-state index in [-0.39, 0.29) is 18.9 Å². The molecule has 1 heterocycles. The Balaban J connectivity index is 2.47. The summed E-state index contributed by atoms with van der Waals surface area (Å²) in [6.45, 7) is 7.64. The zero-order chi connectivity index (χ0) is 16.3. The van der Waals surface area contributed by atoms with E-state index in [4.69, 9.17) is 9.84 Å². The number of ether oxygens (including phenoxy) is 1. The van der Waals surface area contributed by atoms with Crippen molar-refractivity contribution in [3.8, 4) is 0 Å². The van der Waals surface area contributed by atoms with Crippen LogP contribution >= 0.6 is 0 Å². The Morgan fingerprint density at radius 1 is 1.33 bits per heavy atom.